The number of para-hydroxylation sites is 1. The predicted octanol–water partition coefficient (Wildman–Crippen LogP) is 7.45. The number of alkyl halides is 3. The van der Waals surface area contributed by atoms with Crippen LogP contribution in [0.2, 0.25) is 0 Å². The lowest BCUT2D eigenvalue weighted by Gasteiger charge is -2.17. The highest BCUT2D eigenvalue weighted by Gasteiger charge is 2.35. The lowest BCUT2D eigenvalue weighted by atomic mass is 9.99. The largest absolute Gasteiger partial charge is 0.421 e. The summed E-state index contributed by atoms with van der Waals surface area (Å²) < 4.78 is 40.7. The molecule has 0 bridgehead atoms. The van der Waals surface area contributed by atoms with Gasteiger partial charge in [-0.1, -0.05) is 57.5 Å². The van der Waals surface area contributed by atoms with Crippen LogP contribution in [0.15, 0.2) is 54.7 Å². The molecule has 0 saturated heterocycles. The van der Waals surface area contributed by atoms with Crippen molar-refractivity contribution in [2.24, 2.45) is 0 Å². The highest BCUT2D eigenvalue weighted by Crippen LogP contribution is 2.36. The highest BCUT2D eigenvalue weighted by atomic mass is 19.4. The van der Waals surface area contributed by atoms with E-state index in [1.807, 2.05) is 43.3 Å². The van der Waals surface area contributed by atoms with Crippen molar-refractivity contribution in [1.82, 2.24) is 9.97 Å². The molecule has 4 nitrogen and oxygen atoms in total. The summed E-state index contributed by atoms with van der Waals surface area (Å²) in [5.41, 5.74) is 2.56. The molecular formula is C24H27F3N4. The molecule has 3 aromatic rings. The summed E-state index contributed by atoms with van der Waals surface area (Å²) in [4.78, 5) is 8.04. The zero-order valence-electron chi connectivity index (χ0n) is 17.9. The van der Waals surface area contributed by atoms with E-state index in [1.165, 1.54) is 5.56 Å². The smallest absolute Gasteiger partial charge is 0.339 e. The molecular weight excluding hydrogens is 401 g/mol. The van der Waals surface area contributed by atoms with Crippen LogP contribution in [0.4, 0.5) is 36.3 Å². The van der Waals surface area contributed by atoms with E-state index >= 15 is 0 Å². The minimum Gasteiger partial charge on any atom is -0.339 e. The Morgan fingerprint density at radius 3 is 2.32 bits per heavy atom. The number of halogens is 3. The van der Waals surface area contributed by atoms with E-state index in [0.717, 1.165) is 31.0 Å². The predicted molar refractivity (Wildman–Crippen MR) is 119 cm³/mol. The van der Waals surface area contributed by atoms with Crippen LogP contribution in [0.3, 0.4) is 0 Å². The van der Waals surface area contributed by atoms with Crippen molar-refractivity contribution in [2.75, 3.05) is 10.6 Å². The summed E-state index contributed by atoms with van der Waals surface area (Å²) in [6.45, 7) is 6.30. The van der Waals surface area contributed by atoms with Crippen LogP contribution >= 0.6 is 0 Å². The van der Waals surface area contributed by atoms with Crippen LogP contribution in [0.1, 0.15) is 56.2 Å². The van der Waals surface area contributed by atoms with Gasteiger partial charge in [0.2, 0.25) is 5.95 Å². The third-order valence-corrected chi connectivity index (χ3v) is 5.23. The van der Waals surface area contributed by atoms with E-state index < -0.39 is 11.7 Å². The molecule has 1 aromatic heterocycles. The van der Waals surface area contributed by atoms with Crippen LogP contribution < -0.4 is 10.6 Å². The molecule has 1 heterocycles. The molecule has 2 aromatic carbocycles. The minimum absolute atomic E-state index is 0.0970. The minimum atomic E-state index is -4.57. The molecule has 164 valence electrons. The maximum atomic E-state index is 13.6. The Morgan fingerprint density at radius 1 is 0.968 bits per heavy atom. The third-order valence-electron chi connectivity index (χ3n) is 5.23. The first-order chi connectivity index (χ1) is 14.8. The summed E-state index contributed by atoms with van der Waals surface area (Å²) in [6.07, 6.45) is -1.09. The molecule has 0 fully saturated rings. The molecule has 2 N–H and O–H groups in total. The van der Waals surface area contributed by atoms with E-state index in [1.54, 1.807) is 12.1 Å². The average molecular weight is 429 g/mol. The molecule has 31 heavy (non-hydrogen) atoms. The summed E-state index contributed by atoms with van der Waals surface area (Å²) >= 11 is 0. The first-order valence-corrected chi connectivity index (χ1v) is 10.5. The van der Waals surface area contributed by atoms with Crippen molar-refractivity contribution >= 4 is 23.1 Å². The Kier molecular flexibility index (Phi) is 7.15. The van der Waals surface area contributed by atoms with Crippen molar-refractivity contribution < 1.29 is 13.2 Å². The number of hydrogen-bond acceptors (Lipinski definition) is 4. The molecule has 0 amide bonds. The van der Waals surface area contributed by atoms with E-state index in [-0.39, 0.29) is 11.8 Å². The van der Waals surface area contributed by atoms with E-state index in [9.17, 15) is 13.2 Å². The van der Waals surface area contributed by atoms with Crippen LogP contribution in [0.5, 0.6) is 0 Å². The van der Waals surface area contributed by atoms with Gasteiger partial charge in [0.25, 0.3) is 0 Å². The molecule has 0 aliphatic heterocycles. The lowest BCUT2D eigenvalue weighted by Crippen LogP contribution is -2.13. The monoisotopic (exact) mass is 428 g/mol. The van der Waals surface area contributed by atoms with E-state index in [0.29, 0.717) is 17.3 Å². The topological polar surface area (TPSA) is 49.8 Å². The fourth-order valence-electron chi connectivity index (χ4n) is 3.26. The van der Waals surface area contributed by atoms with Gasteiger partial charge in [-0.15, -0.1) is 0 Å². The van der Waals surface area contributed by atoms with Crippen LogP contribution in [-0.4, -0.2) is 9.97 Å². The summed E-state index contributed by atoms with van der Waals surface area (Å²) in [7, 11) is 0. The van der Waals surface area contributed by atoms with E-state index in [4.69, 9.17) is 0 Å². The Bertz CT molecular complexity index is 1000. The number of aryl methyl sites for hydroxylation is 1. The second-order valence-electron chi connectivity index (χ2n) is 7.54. The van der Waals surface area contributed by atoms with Crippen molar-refractivity contribution in [3.05, 3.63) is 71.4 Å². The standard InChI is InChI=1S/C24H27F3N4/c1-4-8-18-9-6-7-10-21(18)30-22-20(24(25,26)27)15-28-23(31-22)29-19-13-11-17(12-14-19)16(3)5-2/h6-7,9-16H,4-5,8H2,1-3H3,(H2,28,29,30,31). The molecule has 0 spiro atoms. The summed E-state index contributed by atoms with van der Waals surface area (Å²) in [5.74, 6) is 0.264. The van der Waals surface area contributed by atoms with Gasteiger partial charge in [-0.25, -0.2) is 4.98 Å². The Labute approximate surface area is 181 Å². The van der Waals surface area contributed by atoms with E-state index in [2.05, 4.69) is 34.4 Å². The second-order valence-corrected chi connectivity index (χ2v) is 7.54. The maximum absolute atomic E-state index is 13.6. The Morgan fingerprint density at radius 2 is 1.68 bits per heavy atom. The van der Waals surface area contributed by atoms with Crippen molar-refractivity contribution in [3.8, 4) is 0 Å². The third kappa shape index (κ3) is 5.75. The SMILES string of the molecule is CCCc1ccccc1Nc1nc(Nc2ccc(C(C)CC)cc2)ncc1C(F)(F)F. The van der Waals surface area contributed by atoms with Crippen molar-refractivity contribution in [1.29, 1.82) is 0 Å². The molecule has 3 rings (SSSR count). The number of rotatable bonds is 8. The molecule has 7 heteroatoms. The van der Waals surface area contributed by atoms with Gasteiger partial charge in [-0.2, -0.15) is 18.2 Å². The molecule has 0 aliphatic carbocycles. The fourth-order valence-corrected chi connectivity index (χ4v) is 3.26. The van der Waals surface area contributed by atoms with Gasteiger partial charge < -0.3 is 10.6 Å². The second kappa shape index (κ2) is 9.81. The number of nitrogens with one attached hydrogen (secondary N) is 2. The van der Waals surface area contributed by atoms with Crippen molar-refractivity contribution in [3.63, 3.8) is 0 Å². The van der Waals surface area contributed by atoms with Gasteiger partial charge >= 0.3 is 6.18 Å². The summed E-state index contributed by atoms with van der Waals surface area (Å²) in [5, 5.41) is 5.88. The van der Waals surface area contributed by atoms with Gasteiger partial charge in [0.15, 0.2) is 0 Å². The van der Waals surface area contributed by atoms with Crippen LogP contribution in [0, 0.1) is 0 Å². The maximum Gasteiger partial charge on any atom is 0.421 e. The molecule has 0 aliphatic rings. The Hall–Kier alpha value is -3.09. The highest BCUT2D eigenvalue weighted by molar-refractivity contribution is 5.65. The van der Waals surface area contributed by atoms with Gasteiger partial charge in [-0.05, 0) is 48.1 Å². The van der Waals surface area contributed by atoms with Gasteiger partial charge in [0.05, 0.1) is 0 Å². The van der Waals surface area contributed by atoms with Gasteiger partial charge in [0, 0.05) is 17.6 Å². The molecule has 1 unspecified atom stereocenters. The zero-order valence-corrected chi connectivity index (χ0v) is 17.9. The fraction of sp³-hybridized carbons (Fsp3) is 0.333. The van der Waals surface area contributed by atoms with Gasteiger partial charge in [0.1, 0.15) is 11.4 Å². The normalized spacial score (nSPS) is 12.5. The lowest BCUT2D eigenvalue weighted by molar-refractivity contribution is -0.137. The van der Waals surface area contributed by atoms with Crippen molar-refractivity contribution in [2.45, 2.75) is 52.1 Å². The summed E-state index contributed by atoms with van der Waals surface area (Å²) in [6, 6.07) is 15.1. The zero-order chi connectivity index (χ0) is 22.4. The first kappa shape index (κ1) is 22.6. The molecule has 1 atom stereocenters. The molecule has 0 saturated carbocycles. The number of aromatic nitrogens is 2. The first-order valence-electron chi connectivity index (χ1n) is 10.5. The molecule has 0 radical (unpaired) electrons. The number of hydrogen-bond donors (Lipinski definition) is 2. The van der Waals surface area contributed by atoms with Crippen LogP contribution in [-0.2, 0) is 12.6 Å². The number of nitrogens with zero attached hydrogens (tertiary/aromatic N) is 2. The van der Waals surface area contributed by atoms with Gasteiger partial charge in [-0.3, -0.25) is 0 Å². The number of anilines is 4. The van der Waals surface area contributed by atoms with Crippen LogP contribution in [0.25, 0.3) is 0 Å². The average Bonchev–Trinajstić information content (AvgIpc) is 2.74. The number of benzene rings is 2. The quantitative estimate of drug-likeness (QED) is 0.391. The Balaban J connectivity index is 1.90.